The van der Waals surface area contributed by atoms with E-state index in [0.29, 0.717) is 9.13 Å². The highest BCUT2D eigenvalue weighted by Gasteiger charge is 2.21. The molecule has 16 heteroatoms. The smallest absolute Gasteiger partial charge is 0.362 e. The first-order chi connectivity index (χ1) is 19.3. The molecule has 2 aromatic heterocycles. The molecule has 14 nitrogen and oxygen atoms in total. The van der Waals surface area contributed by atoms with Crippen molar-refractivity contribution in [2.75, 3.05) is 0 Å². The Hall–Kier alpha value is -5.54. The van der Waals surface area contributed by atoms with Crippen molar-refractivity contribution in [2.24, 2.45) is 0 Å². The first kappa shape index (κ1) is 30.0. The lowest BCUT2D eigenvalue weighted by molar-refractivity contribution is 0.0673. The van der Waals surface area contributed by atoms with Gasteiger partial charge in [0, 0.05) is 6.54 Å². The number of halogens is 2. The number of nitrogens with zero attached hydrogens (tertiary/aromatic N) is 6. The predicted molar refractivity (Wildman–Crippen MR) is 138 cm³/mol. The third-order valence-electron chi connectivity index (χ3n) is 5.40. The molecule has 4 rings (SSSR count). The van der Waals surface area contributed by atoms with E-state index in [9.17, 15) is 37.5 Å². The minimum absolute atomic E-state index is 0.0747. The van der Waals surface area contributed by atoms with Crippen LogP contribution in [0.3, 0.4) is 0 Å². The van der Waals surface area contributed by atoms with Crippen molar-refractivity contribution in [1.82, 2.24) is 28.7 Å². The van der Waals surface area contributed by atoms with Crippen LogP contribution in [0.25, 0.3) is 11.4 Å². The van der Waals surface area contributed by atoms with E-state index in [1.807, 2.05) is 0 Å². The van der Waals surface area contributed by atoms with Gasteiger partial charge in [0.05, 0.1) is 17.4 Å². The normalized spacial score (nSPS) is 10.7. The predicted octanol–water partition coefficient (Wildman–Crippen LogP) is 1.06. The zero-order valence-corrected chi connectivity index (χ0v) is 21.7. The maximum atomic E-state index is 12.9. The molecule has 0 saturated carbocycles. The zero-order valence-electron chi connectivity index (χ0n) is 21.7. The van der Waals surface area contributed by atoms with Crippen molar-refractivity contribution in [3.63, 3.8) is 0 Å². The van der Waals surface area contributed by atoms with Gasteiger partial charge in [0.2, 0.25) is 11.4 Å². The molecule has 0 spiro atoms. The Morgan fingerprint density at radius 2 is 1.12 bits per heavy atom. The summed E-state index contributed by atoms with van der Waals surface area (Å²) >= 11 is 0. The van der Waals surface area contributed by atoms with Crippen LogP contribution in [0.15, 0.2) is 67.7 Å². The van der Waals surface area contributed by atoms with Crippen LogP contribution in [0, 0.1) is 11.6 Å². The van der Waals surface area contributed by atoms with E-state index >= 15 is 0 Å². The molecule has 0 aliphatic carbocycles. The number of aromatic nitrogens is 6. The van der Waals surface area contributed by atoms with E-state index in [-0.39, 0.29) is 17.9 Å². The molecular formula is C25H22F2N6O8. The number of carboxylic acid groups (broad SMARTS) is 2. The summed E-state index contributed by atoms with van der Waals surface area (Å²) in [5, 5.41) is 25.0. The van der Waals surface area contributed by atoms with E-state index in [4.69, 9.17) is 10.2 Å². The van der Waals surface area contributed by atoms with Gasteiger partial charge in [0.1, 0.15) is 11.6 Å². The zero-order chi connectivity index (χ0) is 30.6. The summed E-state index contributed by atoms with van der Waals surface area (Å²) in [6.45, 7) is 4.93. The summed E-state index contributed by atoms with van der Waals surface area (Å²) in [7, 11) is 0. The average Bonchev–Trinajstić information content (AvgIpc) is 2.91. The lowest BCUT2D eigenvalue weighted by Crippen LogP contribution is -2.44. The van der Waals surface area contributed by atoms with E-state index in [2.05, 4.69) is 10.2 Å². The molecular weight excluding hydrogens is 550 g/mol. The fourth-order valence-electron chi connectivity index (χ4n) is 3.45. The van der Waals surface area contributed by atoms with E-state index < -0.39 is 63.5 Å². The van der Waals surface area contributed by atoms with Crippen molar-refractivity contribution in [2.45, 2.75) is 33.4 Å². The fourth-order valence-corrected chi connectivity index (χ4v) is 3.45. The number of carboxylic acids is 2. The highest BCUT2D eigenvalue weighted by molar-refractivity contribution is 5.85. The Labute approximate surface area is 227 Å². The molecule has 2 N–H and O–H groups in total. The van der Waals surface area contributed by atoms with Crippen LogP contribution in [-0.4, -0.2) is 50.8 Å². The molecule has 4 aromatic rings. The summed E-state index contributed by atoms with van der Waals surface area (Å²) in [4.78, 5) is 70.5. The molecule has 0 atom stereocenters. The molecule has 0 radical (unpaired) electrons. The topological polar surface area (TPSA) is 188 Å². The molecule has 0 amide bonds. The molecule has 2 aromatic carbocycles. The SMILES string of the molecule is CC(C)n1nc(C(=O)O)c(=O)n(-c2ccc(F)cc2)c1=O.CCn1nc(C(=O)O)c(=O)n(-c2ccc(F)cc2)c1=O. The lowest BCUT2D eigenvalue weighted by atomic mass is 10.3. The largest absolute Gasteiger partial charge is 0.476 e. The first-order valence-corrected chi connectivity index (χ1v) is 11.8. The second kappa shape index (κ2) is 12.1. The molecule has 214 valence electrons. The van der Waals surface area contributed by atoms with Gasteiger partial charge in [-0.05, 0) is 69.3 Å². The number of aromatic carboxylic acids is 2. The number of hydrogen-bond acceptors (Lipinski definition) is 8. The first-order valence-electron chi connectivity index (χ1n) is 11.8. The van der Waals surface area contributed by atoms with Crippen LogP contribution in [0.1, 0.15) is 47.8 Å². The number of carbonyl (C=O) groups is 2. The highest BCUT2D eigenvalue weighted by Crippen LogP contribution is 2.07. The van der Waals surface area contributed by atoms with Crippen LogP contribution in [0.4, 0.5) is 8.78 Å². The van der Waals surface area contributed by atoms with Gasteiger partial charge in [-0.15, -0.1) is 0 Å². The molecule has 41 heavy (non-hydrogen) atoms. The third kappa shape index (κ3) is 6.21. The molecule has 0 unspecified atom stereocenters. The summed E-state index contributed by atoms with van der Waals surface area (Å²) in [6.07, 6.45) is 0. The Morgan fingerprint density at radius 1 is 0.732 bits per heavy atom. The van der Waals surface area contributed by atoms with Crippen molar-refractivity contribution in [3.8, 4) is 11.4 Å². The lowest BCUT2D eigenvalue weighted by Gasteiger charge is -2.12. The standard InChI is InChI=1S/C13H12FN3O4.C12H10FN3O4/c1-7(2)17-13(21)16(9-5-3-8(14)4-6-9)11(18)10(15-17)12(19)20;1-2-15-12(20)16(8-5-3-7(13)4-6-8)10(17)9(14-15)11(18)19/h3-7H,1-2H3,(H,19,20);3-6H,2H2,1H3,(H,18,19). The Bertz CT molecular complexity index is 1860. The summed E-state index contributed by atoms with van der Waals surface area (Å²) < 4.78 is 28.9. The number of benzene rings is 2. The summed E-state index contributed by atoms with van der Waals surface area (Å²) in [5.41, 5.74) is -5.07. The van der Waals surface area contributed by atoms with Gasteiger partial charge in [0.25, 0.3) is 11.1 Å². The van der Waals surface area contributed by atoms with Crippen LogP contribution in [0.2, 0.25) is 0 Å². The van der Waals surface area contributed by atoms with Crippen LogP contribution >= 0.6 is 0 Å². The number of aryl methyl sites for hydroxylation is 1. The van der Waals surface area contributed by atoms with E-state index in [1.165, 1.54) is 24.3 Å². The van der Waals surface area contributed by atoms with E-state index in [0.717, 1.165) is 33.6 Å². The van der Waals surface area contributed by atoms with Crippen molar-refractivity contribution < 1.29 is 28.6 Å². The van der Waals surface area contributed by atoms with Crippen molar-refractivity contribution in [1.29, 1.82) is 0 Å². The van der Waals surface area contributed by atoms with E-state index in [1.54, 1.807) is 20.8 Å². The van der Waals surface area contributed by atoms with Gasteiger partial charge in [-0.1, -0.05) is 0 Å². The van der Waals surface area contributed by atoms with Crippen molar-refractivity contribution >= 4 is 11.9 Å². The van der Waals surface area contributed by atoms with Gasteiger partial charge in [-0.2, -0.15) is 10.2 Å². The number of rotatable bonds is 6. The Morgan fingerprint density at radius 3 is 1.49 bits per heavy atom. The molecule has 0 saturated heterocycles. The van der Waals surface area contributed by atoms with Crippen LogP contribution in [-0.2, 0) is 6.54 Å². The van der Waals surface area contributed by atoms with Crippen LogP contribution in [0.5, 0.6) is 0 Å². The highest BCUT2D eigenvalue weighted by atomic mass is 19.1. The molecule has 0 fully saturated rings. The molecule has 0 aliphatic heterocycles. The minimum atomic E-state index is -1.54. The second-order valence-electron chi connectivity index (χ2n) is 8.46. The third-order valence-corrected chi connectivity index (χ3v) is 5.40. The minimum Gasteiger partial charge on any atom is -0.476 e. The Kier molecular flexibility index (Phi) is 8.86. The van der Waals surface area contributed by atoms with Gasteiger partial charge in [-0.3, -0.25) is 9.59 Å². The maximum absolute atomic E-state index is 12.9. The summed E-state index contributed by atoms with van der Waals surface area (Å²) in [6, 6.07) is 8.69. The maximum Gasteiger partial charge on any atom is 0.362 e. The summed E-state index contributed by atoms with van der Waals surface area (Å²) in [5.74, 6) is -4.15. The molecule has 2 heterocycles. The van der Waals surface area contributed by atoms with Gasteiger partial charge in [-0.25, -0.2) is 46.5 Å². The van der Waals surface area contributed by atoms with Gasteiger partial charge >= 0.3 is 23.3 Å². The fraction of sp³-hybridized carbons (Fsp3) is 0.200. The second-order valence-corrected chi connectivity index (χ2v) is 8.46. The monoisotopic (exact) mass is 572 g/mol. The molecule has 0 aliphatic rings. The molecule has 0 bridgehead atoms. The van der Waals surface area contributed by atoms with Crippen LogP contribution < -0.4 is 22.5 Å². The number of hydrogen-bond donors (Lipinski definition) is 2. The van der Waals surface area contributed by atoms with Crippen molar-refractivity contribution in [3.05, 3.63) is 113 Å². The Balaban J connectivity index is 0.000000226. The quantitative estimate of drug-likeness (QED) is 0.338. The average molecular weight is 572 g/mol. The van der Waals surface area contributed by atoms with Gasteiger partial charge in [0.15, 0.2) is 0 Å². The van der Waals surface area contributed by atoms with Gasteiger partial charge < -0.3 is 10.2 Å².